The van der Waals surface area contributed by atoms with Crippen LogP contribution >= 0.6 is 0 Å². The number of hydrogen-bond acceptors (Lipinski definition) is 2. The lowest BCUT2D eigenvalue weighted by molar-refractivity contribution is 0.103. The Kier molecular flexibility index (Phi) is 5.83. The van der Waals surface area contributed by atoms with Crippen molar-refractivity contribution < 1.29 is 0 Å². The number of hydrogen-bond donors (Lipinski definition) is 1. The third-order valence-electron chi connectivity index (χ3n) is 4.07. The van der Waals surface area contributed by atoms with E-state index in [2.05, 4.69) is 62.9 Å². The van der Waals surface area contributed by atoms with Crippen LogP contribution in [0.15, 0.2) is 30.3 Å². The molecule has 2 N–H and O–H groups in total. The molecule has 1 rings (SSSR count). The molecule has 0 amide bonds. The van der Waals surface area contributed by atoms with E-state index in [4.69, 9.17) is 5.73 Å². The lowest BCUT2D eigenvalue weighted by Crippen LogP contribution is -2.56. The highest BCUT2D eigenvalue weighted by atomic mass is 15.2. The van der Waals surface area contributed by atoms with Crippen LogP contribution in [0.2, 0.25) is 0 Å². The van der Waals surface area contributed by atoms with Crippen molar-refractivity contribution in [3.8, 4) is 0 Å². The zero-order valence-corrected chi connectivity index (χ0v) is 12.3. The fourth-order valence-electron chi connectivity index (χ4n) is 2.59. The fourth-order valence-corrected chi connectivity index (χ4v) is 2.59. The summed E-state index contributed by atoms with van der Waals surface area (Å²) in [5, 5.41) is 0. The van der Waals surface area contributed by atoms with Gasteiger partial charge < -0.3 is 5.73 Å². The number of nitrogens with two attached hydrogens (primary N) is 1. The van der Waals surface area contributed by atoms with Gasteiger partial charge in [-0.3, -0.25) is 4.90 Å². The molecule has 0 aromatic heterocycles. The zero-order valence-electron chi connectivity index (χ0n) is 12.3. The summed E-state index contributed by atoms with van der Waals surface area (Å²) < 4.78 is 0. The molecule has 0 saturated carbocycles. The summed E-state index contributed by atoms with van der Waals surface area (Å²) in [4.78, 5) is 2.45. The third-order valence-corrected chi connectivity index (χ3v) is 4.07. The third kappa shape index (κ3) is 3.82. The second-order valence-electron chi connectivity index (χ2n) is 5.46. The summed E-state index contributed by atoms with van der Waals surface area (Å²) in [6.07, 6.45) is 2.10. The van der Waals surface area contributed by atoms with E-state index in [0.717, 1.165) is 25.9 Å². The van der Waals surface area contributed by atoms with Gasteiger partial charge in [-0.25, -0.2) is 0 Å². The van der Waals surface area contributed by atoms with E-state index in [0.29, 0.717) is 0 Å². The molecule has 0 aliphatic carbocycles. The molecule has 0 saturated heterocycles. The van der Waals surface area contributed by atoms with Crippen LogP contribution in [0, 0.1) is 0 Å². The van der Waals surface area contributed by atoms with Crippen LogP contribution in [0.5, 0.6) is 0 Å². The minimum absolute atomic E-state index is 0.0677. The van der Waals surface area contributed by atoms with E-state index >= 15 is 0 Å². The minimum Gasteiger partial charge on any atom is -0.326 e. The summed E-state index contributed by atoms with van der Waals surface area (Å²) >= 11 is 0. The molecule has 2 nitrogen and oxygen atoms in total. The van der Waals surface area contributed by atoms with Crippen LogP contribution in [0.25, 0.3) is 0 Å². The van der Waals surface area contributed by atoms with Crippen LogP contribution in [0.1, 0.15) is 39.7 Å². The second kappa shape index (κ2) is 6.91. The van der Waals surface area contributed by atoms with E-state index in [1.807, 2.05) is 0 Å². The molecular weight excluding hydrogens is 220 g/mol. The molecule has 0 aliphatic rings. The molecule has 1 aromatic rings. The van der Waals surface area contributed by atoms with Gasteiger partial charge in [0.25, 0.3) is 0 Å². The predicted molar refractivity (Wildman–Crippen MR) is 79.7 cm³/mol. The summed E-state index contributed by atoms with van der Waals surface area (Å²) in [5.41, 5.74) is 7.86. The molecule has 1 unspecified atom stereocenters. The highest BCUT2D eigenvalue weighted by Crippen LogP contribution is 2.20. The average Bonchev–Trinajstić information content (AvgIpc) is 2.38. The van der Waals surface area contributed by atoms with Gasteiger partial charge in [-0.15, -0.1) is 0 Å². The van der Waals surface area contributed by atoms with E-state index in [1.165, 1.54) is 5.56 Å². The Balaban J connectivity index is 2.56. The van der Waals surface area contributed by atoms with Crippen molar-refractivity contribution in [2.45, 2.75) is 52.1 Å². The van der Waals surface area contributed by atoms with Crippen molar-refractivity contribution >= 4 is 0 Å². The normalized spacial score (nSPS) is 13.9. The first-order valence-corrected chi connectivity index (χ1v) is 7.06. The zero-order chi connectivity index (χ0) is 13.6. The van der Waals surface area contributed by atoms with E-state index < -0.39 is 0 Å². The molecule has 0 aliphatic heterocycles. The van der Waals surface area contributed by atoms with E-state index in [-0.39, 0.29) is 11.6 Å². The lowest BCUT2D eigenvalue weighted by Gasteiger charge is -2.42. The van der Waals surface area contributed by atoms with Crippen LogP contribution in [-0.4, -0.2) is 29.6 Å². The molecule has 2 heteroatoms. The van der Waals surface area contributed by atoms with Gasteiger partial charge in [0.1, 0.15) is 0 Å². The van der Waals surface area contributed by atoms with Gasteiger partial charge in [0.15, 0.2) is 0 Å². The second-order valence-corrected chi connectivity index (χ2v) is 5.46. The Morgan fingerprint density at radius 3 is 2.17 bits per heavy atom. The van der Waals surface area contributed by atoms with Gasteiger partial charge in [0.2, 0.25) is 0 Å². The molecule has 0 heterocycles. The van der Waals surface area contributed by atoms with E-state index in [9.17, 15) is 0 Å². The number of rotatable bonds is 7. The van der Waals surface area contributed by atoms with Crippen LogP contribution < -0.4 is 5.73 Å². The van der Waals surface area contributed by atoms with Gasteiger partial charge in [0, 0.05) is 11.6 Å². The van der Waals surface area contributed by atoms with Crippen molar-refractivity contribution in [2.75, 3.05) is 13.1 Å². The first-order valence-electron chi connectivity index (χ1n) is 7.06. The molecule has 102 valence electrons. The molecule has 1 aromatic carbocycles. The fraction of sp³-hybridized carbons (Fsp3) is 0.625. The molecule has 18 heavy (non-hydrogen) atoms. The van der Waals surface area contributed by atoms with Crippen molar-refractivity contribution in [1.29, 1.82) is 0 Å². The van der Waals surface area contributed by atoms with Gasteiger partial charge in [-0.05, 0) is 45.3 Å². The van der Waals surface area contributed by atoms with Crippen LogP contribution in [-0.2, 0) is 6.42 Å². The molecule has 0 radical (unpaired) electrons. The maximum atomic E-state index is 6.41. The van der Waals surface area contributed by atoms with Gasteiger partial charge in [-0.2, -0.15) is 0 Å². The van der Waals surface area contributed by atoms with Crippen LogP contribution in [0.4, 0.5) is 0 Å². The van der Waals surface area contributed by atoms with Gasteiger partial charge in [0.05, 0.1) is 0 Å². The Morgan fingerprint density at radius 2 is 1.67 bits per heavy atom. The highest BCUT2D eigenvalue weighted by Gasteiger charge is 2.30. The summed E-state index contributed by atoms with van der Waals surface area (Å²) in [6.45, 7) is 11.0. The maximum Gasteiger partial charge on any atom is 0.0304 e. The smallest absolute Gasteiger partial charge is 0.0304 e. The summed E-state index contributed by atoms with van der Waals surface area (Å²) in [7, 11) is 0. The largest absolute Gasteiger partial charge is 0.326 e. The quantitative estimate of drug-likeness (QED) is 0.803. The standard InChI is InChI=1S/C16H28N2/c1-5-18(6-2)16(3,4)15(17)13-12-14-10-8-7-9-11-14/h7-11,15H,5-6,12-13,17H2,1-4H3. The Bertz CT molecular complexity index is 328. The molecule has 0 fully saturated rings. The Hall–Kier alpha value is -0.860. The SMILES string of the molecule is CCN(CC)C(C)(C)C(N)CCc1ccccc1. The number of aryl methyl sites for hydroxylation is 1. The highest BCUT2D eigenvalue weighted by molar-refractivity contribution is 5.15. The lowest BCUT2D eigenvalue weighted by atomic mass is 9.88. The monoisotopic (exact) mass is 248 g/mol. The summed E-state index contributed by atoms with van der Waals surface area (Å²) in [5.74, 6) is 0. The predicted octanol–water partition coefficient (Wildman–Crippen LogP) is 3.07. The van der Waals surface area contributed by atoms with Crippen molar-refractivity contribution in [1.82, 2.24) is 4.90 Å². The van der Waals surface area contributed by atoms with Gasteiger partial charge >= 0.3 is 0 Å². The molecule has 1 atom stereocenters. The molecule has 0 spiro atoms. The number of nitrogens with zero attached hydrogens (tertiary/aromatic N) is 1. The molecule has 0 bridgehead atoms. The first kappa shape index (κ1) is 15.2. The number of likely N-dealkylation sites (N-methyl/N-ethyl adjacent to an activating group) is 1. The van der Waals surface area contributed by atoms with Crippen LogP contribution in [0.3, 0.4) is 0 Å². The average molecular weight is 248 g/mol. The first-order chi connectivity index (χ1) is 8.52. The van der Waals surface area contributed by atoms with Crippen molar-refractivity contribution in [2.24, 2.45) is 5.73 Å². The van der Waals surface area contributed by atoms with Crippen molar-refractivity contribution in [3.63, 3.8) is 0 Å². The Morgan fingerprint density at radius 1 is 1.11 bits per heavy atom. The van der Waals surface area contributed by atoms with Gasteiger partial charge in [-0.1, -0.05) is 44.2 Å². The number of benzene rings is 1. The topological polar surface area (TPSA) is 29.3 Å². The maximum absolute atomic E-state index is 6.41. The minimum atomic E-state index is 0.0677. The summed E-state index contributed by atoms with van der Waals surface area (Å²) in [6, 6.07) is 10.8. The van der Waals surface area contributed by atoms with E-state index in [1.54, 1.807) is 0 Å². The van der Waals surface area contributed by atoms with Crippen molar-refractivity contribution in [3.05, 3.63) is 35.9 Å². The Labute approximate surface area is 112 Å². The molecular formula is C16H28N2.